The van der Waals surface area contributed by atoms with Crippen molar-refractivity contribution < 1.29 is 0 Å². The number of aryl methyl sites for hydroxylation is 1. The minimum atomic E-state index is 0.484. The van der Waals surface area contributed by atoms with E-state index in [2.05, 4.69) is 34.7 Å². The molecule has 0 radical (unpaired) electrons. The van der Waals surface area contributed by atoms with Crippen LogP contribution in [0.15, 0.2) is 54.7 Å². The number of aromatic nitrogens is 4. The predicted molar refractivity (Wildman–Crippen MR) is 115 cm³/mol. The highest BCUT2D eigenvalue weighted by molar-refractivity contribution is 5.83. The van der Waals surface area contributed by atoms with Crippen LogP contribution in [0.3, 0.4) is 0 Å². The molecule has 0 atom stereocenters. The van der Waals surface area contributed by atoms with E-state index in [0.717, 1.165) is 47.4 Å². The van der Waals surface area contributed by atoms with Crippen LogP contribution in [0.2, 0.25) is 0 Å². The monoisotopic (exact) mass is 384 g/mol. The zero-order valence-corrected chi connectivity index (χ0v) is 16.3. The molecule has 4 aromatic rings. The summed E-state index contributed by atoms with van der Waals surface area (Å²) >= 11 is 0. The normalized spacial score (nSPS) is 13.4. The number of fused-ring (bicyclic) bond motifs is 2. The summed E-state index contributed by atoms with van der Waals surface area (Å²) in [4.78, 5) is 9.79. The first kappa shape index (κ1) is 17.8. The van der Waals surface area contributed by atoms with E-state index in [1.54, 1.807) is 0 Å². The molecule has 0 bridgehead atoms. The summed E-state index contributed by atoms with van der Waals surface area (Å²) in [6, 6.07) is 16.5. The number of rotatable bonds is 5. The number of hydrogen-bond acceptors (Lipinski definition) is 5. The standard InChI is InChI=1S/C23H24N6/c24-13-17-9-6-12-21-19(17)15-26-29(21)23-27-20-11-5-4-10-18(20)22(28-23)25-14-16-7-2-1-3-8-16/h1-3,6-9,12,15H,4-5,10-11,13-14,24H2,(H,25,27,28). The molecule has 2 aromatic carbocycles. The molecule has 0 amide bonds. The number of hydrogen-bond donors (Lipinski definition) is 2. The number of benzene rings is 2. The van der Waals surface area contributed by atoms with Crippen molar-refractivity contribution in [1.82, 2.24) is 19.7 Å². The van der Waals surface area contributed by atoms with Gasteiger partial charge in [-0.1, -0.05) is 42.5 Å². The van der Waals surface area contributed by atoms with E-state index in [4.69, 9.17) is 15.7 Å². The third kappa shape index (κ3) is 3.36. The van der Waals surface area contributed by atoms with Crippen LogP contribution in [0.1, 0.15) is 35.2 Å². The highest BCUT2D eigenvalue weighted by Gasteiger charge is 2.20. The lowest BCUT2D eigenvalue weighted by Crippen LogP contribution is -2.16. The Balaban J connectivity index is 1.57. The van der Waals surface area contributed by atoms with E-state index in [0.29, 0.717) is 12.5 Å². The number of nitrogens with two attached hydrogens (primary N) is 1. The summed E-state index contributed by atoms with van der Waals surface area (Å²) in [7, 11) is 0. The predicted octanol–water partition coefficient (Wildman–Crippen LogP) is 3.77. The van der Waals surface area contributed by atoms with Gasteiger partial charge in [-0.05, 0) is 42.9 Å². The second kappa shape index (κ2) is 7.64. The Morgan fingerprint density at radius 2 is 1.83 bits per heavy atom. The maximum absolute atomic E-state index is 5.90. The molecule has 2 heterocycles. The van der Waals surface area contributed by atoms with Crippen molar-refractivity contribution in [3.8, 4) is 5.95 Å². The van der Waals surface area contributed by atoms with Gasteiger partial charge in [0.25, 0.3) is 5.95 Å². The Kier molecular flexibility index (Phi) is 4.69. The summed E-state index contributed by atoms with van der Waals surface area (Å²) in [5.74, 6) is 1.54. The van der Waals surface area contributed by atoms with Crippen LogP contribution in [-0.4, -0.2) is 19.7 Å². The minimum absolute atomic E-state index is 0.484. The van der Waals surface area contributed by atoms with Crippen LogP contribution >= 0.6 is 0 Å². The number of nitrogens with one attached hydrogen (secondary N) is 1. The van der Waals surface area contributed by atoms with Crippen LogP contribution in [0.4, 0.5) is 5.82 Å². The molecule has 0 unspecified atom stereocenters. The molecule has 0 fully saturated rings. The van der Waals surface area contributed by atoms with Crippen molar-refractivity contribution in [2.45, 2.75) is 38.8 Å². The van der Waals surface area contributed by atoms with Gasteiger partial charge in [-0.2, -0.15) is 14.8 Å². The van der Waals surface area contributed by atoms with Gasteiger partial charge in [0.05, 0.1) is 17.4 Å². The molecule has 2 aromatic heterocycles. The molecule has 146 valence electrons. The average molecular weight is 384 g/mol. The smallest absolute Gasteiger partial charge is 0.253 e. The second-order valence-corrected chi connectivity index (χ2v) is 7.45. The van der Waals surface area contributed by atoms with E-state index in [-0.39, 0.29) is 0 Å². The Morgan fingerprint density at radius 1 is 0.966 bits per heavy atom. The first-order valence-electron chi connectivity index (χ1n) is 10.2. The van der Waals surface area contributed by atoms with Crippen molar-refractivity contribution in [2.75, 3.05) is 5.32 Å². The Labute approximate surface area is 169 Å². The lowest BCUT2D eigenvalue weighted by molar-refractivity contribution is 0.655. The zero-order chi connectivity index (χ0) is 19.6. The van der Waals surface area contributed by atoms with Crippen molar-refractivity contribution >= 4 is 16.7 Å². The summed E-state index contributed by atoms with van der Waals surface area (Å²) < 4.78 is 1.83. The van der Waals surface area contributed by atoms with Gasteiger partial charge in [0.1, 0.15) is 5.82 Å². The first-order valence-corrected chi connectivity index (χ1v) is 10.2. The van der Waals surface area contributed by atoms with E-state index in [1.165, 1.54) is 24.0 Å². The van der Waals surface area contributed by atoms with Gasteiger partial charge in [-0.15, -0.1) is 0 Å². The molecular formula is C23H24N6. The molecule has 3 N–H and O–H groups in total. The van der Waals surface area contributed by atoms with Gasteiger partial charge in [0.15, 0.2) is 0 Å². The topological polar surface area (TPSA) is 81.6 Å². The van der Waals surface area contributed by atoms with Crippen molar-refractivity contribution in [2.24, 2.45) is 5.73 Å². The molecule has 0 aliphatic heterocycles. The molecule has 0 saturated heterocycles. The Hall–Kier alpha value is -3.25. The summed E-state index contributed by atoms with van der Waals surface area (Å²) in [6.07, 6.45) is 6.21. The number of anilines is 1. The van der Waals surface area contributed by atoms with Crippen LogP contribution in [-0.2, 0) is 25.9 Å². The molecule has 6 heteroatoms. The summed E-state index contributed by atoms with van der Waals surface area (Å²) in [5, 5.41) is 9.19. The van der Waals surface area contributed by atoms with Crippen LogP contribution in [0.5, 0.6) is 0 Å². The molecule has 1 aliphatic carbocycles. The van der Waals surface area contributed by atoms with Crippen molar-refractivity contribution in [1.29, 1.82) is 0 Å². The molecule has 1 aliphatic rings. The highest BCUT2D eigenvalue weighted by atomic mass is 15.4. The molecule has 6 nitrogen and oxygen atoms in total. The fourth-order valence-electron chi connectivity index (χ4n) is 4.05. The third-order valence-corrected chi connectivity index (χ3v) is 5.59. The molecule has 0 saturated carbocycles. The zero-order valence-electron chi connectivity index (χ0n) is 16.3. The highest BCUT2D eigenvalue weighted by Crippen LogP contribution is 2.28. The quantitative estimate of drug-likeness (QED) is 0.547. The van der Waals surface area contributed by atoms with Crippen LogP contribution < -0.4 is 11.1 Å². The number of nitrogens with zero attached hydrogens (tertiary/aromatic N) is 4. The van der Waals surface area contributed by atoms with E-state index < -0.39 is 0 Å². The third-order valence-electron chi connectivity index (χ3n) is 5.59. The average Bonchev–Trinajstić information content (AvgIpc) is 3.22. The van der Waals surface area contributed by atoms with Crippen LogP contribution in [0.25, 0.3) is 16.9 Å². The van der Waals surface area contributed by atoms with Crippen molar-refractivity contribution in [3.05, 3.63) is 77.1 Å². The maximum Gasteiger partial charge on any atom is 0.253 e. The van der Waals surface area contributed by atoms with Crippen molar-refractivity contribution in [3.63, 3.8) is 0 Å². The summed E-state index contributed by atoms with van der Waals surface area (Å²) in [5.41, 5.74) is 11.6. The Bertz CT molecular complexity index is 1150. The van der Waals surface area contributed by atoms with Gasteiger partial charge in [-0.25, -0.2) is 4.98 Å². The van der Waals surface area contributed by atoms with Gasteiger partial charge < -0.3 is 11.1 Å². The SMILES string of the molecule is NCc1cccc2c1cnn2-c1nc2c(c(NCc3ccccc3)n1)CCCC2. The Morgan fingerprint density at radius 3 is 2.69 bits per heavy atom. The fraction of sp³-hybridized carbons (Fsp3) is 0.261. The minimum Gasteiger partial charge on any atom is -0.366 e. The lowest BCUT2D eigenvalue weighted by Gasteiger charge is -2.20. The van der Waals surface area contributed by atoms with E-state index >= 15 is 0 Å². The van der Waals surface area contributed by atoms with Crippen LogP contribution in [0, 0.1) is 0 Å². The fourth-order valence-corrected chi connectivity index (χ4v) is 4.05. The van der Waals surface area contributed by atoms with E-state index in [1.807, 2.05) is 35.1 Å². The molecular weight excluding hydrogens is 360 g/mol. The maximum atomic E-state index is 5.90. The van der Waals surface area contributed by atoms with Gasteiger partial charge in [0.2, 0.25) is 0 Å². The van der Waals surface area contributed by atoms with Gasteiger partial charge in [0, 0.05) is 24.0 Å². The first-order chi connectivity index (χ1) is 14.3. The van der Waals surface area contributed by atoms with Gasteiger partial charge >= 0.3 is 0 Å². The molecule has 29 heavy (non-hydrogen) atoms. The summed E-state index contributed by atoms with van der Waals surface area (Å²) in [6.45, 7) is 1.22. The lowest BCUT2D eigenvalue weighted by atomic mass is 9.96. The largest absolute Gasteiger partial charge is 0.366 e. The van der Waals surface area contributed by atoms with E-state index in [9.17, 15) is 0 Å². The second-order valence-electron chi connectivity index (χ2n) is 7.45. The molecule has 0 spiro atoms. The van der Waals surface area contributed by atoms with Gasteiger partial charge in [-0.3, -0.25) is 0 Å². The molecule has 5 rings (SSSR count).